The normalized spacial score (nSPS) is 9.73. The van der Waals surface area contributed by atoms with Crippen LogP contribution in [-0.2, 0) is 9.47 Å². The summed E-state index contributed by atoms with van der Waals surface area (Å²) in [6.07, 6.45) is -0.462. The SMILES string of the molecule is COCCOC(=O)Nc1ccc(C)cc1.[HH]. The molecular weight excluding hydrogens is 194 g/mol. The van der Waals surface area contributed by atoms with Crippen LogP contribution in [0.5, 0.6) is 0 Å². The quantitative estimate of drug-likeness (QED) is 0.778. The van der Waals surface area contributed by atoms with E-state index in [-0.39, 0.29) is 8.03 Å². The van der Waals surface area contributed by atoms with Gasteiger partial charge in [-0.15, -0.1) is 0 Å². The fourth-order valence-electron chi connectivity index (χ4n) is 1.01. The van der Waals surface area contributed by atoms with E-state index in [1.807, 2.05) is 31.2 Å². The van der Waals surface area contributed by atoms with Crippen molar-refractivity contribution in [2.24, 2.45) is 0 Å². The molecule has 0 saturated carbocycles. The zero-order valence-electron chi connectivity index (χ0n) is 8.95. The highest BCUT2D eigenvalue weighted by Gasteiger charge is 2.01. The standard InChI is InChI=1S/C11H15NO3.H2/c1-9-3-5-10(6-4-9)12-11(13)15-8-7-14-2;/h3-6H,7-8H2,1-2H3,(H,12,13);1H. The first-order valence-corrected chi connectivity index (χ1v) is 4.72. The van der Waals surface area contributed by atoms with Crippen LogP contribution >= 0.6 is 0 Å². The predicted octanol–water partition coefficient (Wildman–Crippen LogP) is 2.44. The number of carbonyl (C=O) groups excluding carboxylic acids is 1. The third-order valence-corrected chi connectivity index (χ3v) is 1.82. The summed E-state index contributed by atoms with van der Waals surface area (Å²) < 4.78 is 9.59. The monoisotopic (exact) mass is 211 g/mol. The second kappa shape index (κ2) is 6.03. The van der Waals surface area contributed by atoms with Crippen LogP contribution < -0.4 is 5.32 Å². The first kappa shape index (κ1) is 11.5. The molecule has 0 aliphatic heterocycles. The number of benzene rings is 1. The average molecular weight is 211 g/mol. The summed E-state index contributed by atoms with van der Waals surface area (Å²) in [6, 6.07) is 7.50. The lowest BCUT2D eigenvalue weighted by Gasteiger charge is -2.06. The van der Waals surface area contributed by atoms with Crippen LogP contribution in [-0.4, -0.2) is 26.4 Å². The van der Waals surface area contributed by atoms with Gasteiger partial charge in [0.25, 0.3) is 0 Å². The van der Waals surface area contributed by atoms with Crippen molar-refractivity contribution in [3.63, 3.8) is 0 Å². The number of methoxy groups -OCH3 is 1. The molecule has 0 heterocycles. The number of ether oxygens (including phenoxy) is 2. The Hall–Kier alpha value is -1.55. The van der Waals surface area contributed by atoms with Gasteiger partial charge in [0.05, 0.1) is 6.61 Å². The van der Waals surface area contributed by atoms with E-state index in [2.05, 4.69) is 5.32 Å². The zero-order chi connectivity index (χ0) is 11.1. The van der Waals surface area contributed by atoms with Crippen molar-refractivity contribution in [2.75, 3.05) is 25.6 Å². The zero-order valence-corrected chi connectivity index (χ0v) is 8.95. The maximum Gasteiger partial charge on any atom is 0.411 e. The first-order chi connectivity index (χ1) is 7.22. The fraction of sp³-hybridized carbons (Fsp3) is 0.364. The number of rotatable bonds is 4. The molecule has 1 amide bonds. The van der Waals surface area contributed by atoms with E-state index in [1.54, 1.807) is 7.11 Å². The molecule has 0 aliphatic carbocycles. The second-order valence-corrected chi connectivity index (χ2v) is 3.12. The van der Waals surface area contributed by atoms with Crippen LogP contribution in [0.2, 0.25) is 0 Å². The lowest BCUT2D eigenvalue weighted by molar-refractivity contribution is 0.107. The van der Waals surface area contributed by atoms with E-state index in [9.17, 15) is 4.79 Å². The summed E-state index contributed by atoms with van der Waals surface area (Å²) in [7, 11) is 1.56. The summed E-state index contributed by atoms with van der Waals surface area (Å²) >= 11 is 0. The maximum absolute atomic E-state index is 11.2. The van der Waals surface area contributed by atoms with Crippen molar-refractivity contribution in [3.8, 4) is 0 Å². The second-order valence-electron chi connectivity index (χ2n) is 3.12. The maximum atomic E-state index is 11.2. The Labute approximate surface area is 90.7 Å². The number of anilines is 1. The summed E-state index contributed by atoms with van der Waals surface area (Å²) in [5.41, 5.74) is 1.87. The highest BCUT2D eigenvalue weighted by atomic mass is 16.6. The molecule has 0 spiro atoms. The molecule has 0 bridgehead atoms. The fourth-order valence-corrected chi connectivity index (χ4v) is 1.01. The van der Waals surface area contributed by atoms with Crippen molar-refractivity contribution in [2.45, 2.75) is 6.92 Å². The van der Waals surface area contributed by atoms with Crippen LogP contribution in [0.25, 0.3) is 0 Å². The molecule has 0 unspecified atom stereocenters. The van der Waals surface area contributed by atoms with E-state index in [1.165, 1.54) is 0 Å². The summed E-state index contributed by atoms with van der Waals surface area (Å²) in [4.78, 5) is 11.2. The van der Waals surface area contributed by atoms with E-state index >= 15 is 0 Å². The molecule has 4 heteroatoms. The molecule has 0 saturated heterocycles. The molecule has 1 aromatic rings. The van der Waals surface area contributed by atoms with Gasteiger partial charge in [-0.2, -0.15) is 0 Å². The van der Waals surface area contributed by atoms with Gasteiger partial charge in [0.2, 0.25) is 0 Å². The van der Waals surface area contributed by atoms with E-state index in [0.29, 0.717) is 6.61 Å². The topological polar surface area (TPSA) is 47.6 Å². The summed E-state index contributed by atoms with van der Waals surface area (Å²) in [6.45, 7) is 2.65. The van der Waals surface area contributed by atoms with Gasteiger partial charge in [0.1, 0.15) is 6.61 Å². The Morgan fingerprint density at radius 3 is 2.60 bits per heavy atom. The number of amides is 1. The van der Waals surface area contributed by atoms with Crippen LogP contribution in [0.1, 0.15) is 6.99 Å². The Morgan fingerprint density at radius 1 is 1.33 bits per heavy atom. The Balaban J connectivity index is 0.00000225. The Kier molecular flexibility index (Phi) is 4.63. The molecule has 15 heavy (non-hydrogen) atoms. The van der Waals surface area contributed by atoms with Crippen molar-refractivity contribution in [1.82, 2.24) is 0 Å². The molecule has 1 rings (SSSR count). The van der Waals surface area contributed by atoms with Gasteiger partial charge in [-0.3, -0.25) is 5.32 Å². The molecule has 4 nitrogen and oxygen atoms in total. The van der Waals surface area contributed by atoms with Crippen molar-refractivity contribution in [1.29, 1.82) is 0 Å². The molecule has 0 atom stereocenters. The molecule has 0 aromatic heterocycles. The number of carbonyl (C=O) groups is 1. The van der Waals surface area contributed by atoms with Gasteiger partial charge in [0, 0.05) is 14.2 Å². The minimum atomic E-state index is -0.462. The van der Waals surface area contributed by atoms with Gasteiger partial charge < -0.3 is 9.47 Å². The first-order valence-electron chi connectivity index (χ1n) is 4.72. The van der Waals surface area contributed by atoms with E-state index in [0.717, 1.165) is 11.3 Å². The predicted molar refractivity (Wildman–Crippen MR) is 60.1 cm³/mol. The van der Waals surface area contributed by atoms with E-state index < -0.39 is 6.09 Å². The number of hydrogen-bond acceptors (Lipinski definition) is 3. The minimum absolute atomic E-state index is 0. The molecule has 1 N–H and O–H groups in total. The van der Waals surface area contributed by atoms with Gasteiger partial charge in [0.15, 0.2) is 0 Å². The number of hydrogen-bond donors (Lipinski definition) is 1. The summed E-state index contributed by atoms with van der Waals surface area (Å²) in [5, 5.41) is 2.61. The van der Waals surface area contributed by atoms with E-state index in [4.69, 9.17) is 9.47 Å². The molecule has 0 fully saturated rings. The molecular formula is C11H17NO3. The van der Waals surface area contributed by atoms with Crippen molar-refractivity contribution >= 4 is 11.8 Å². The highest BCUT2D eigenvalue weighted by Crippen LogP contribution is 2.08. The van der Waals surface area contributed by atoms with Crippen LogP contribution in [0, 0.1) is 6.92 Å². The lowest BCUT2D eigenvalue weighted by atomic mass is 10.2. The Bertz CT molecular complexity index is 314. The largest absolute Gasteiger partial charge is 0.447 e. The van der Waals surface area contributed by atoms with Gasteiger partial charge in [-0.1, -0.05) is 17.7 Å². The van der Waals surface area contributed by atoms with Crippen molar-refractivity contribution in [3.05, 3.63) is 29.8 Å². The van der Waals surface area contributed by atoms with Crippen LogP contribution in [0.3, 0.4) is 0 Å². The van der Waals surface area contributed by atoms with Crippen molar-refractivity contribution < 1.29 is 15.7 Å². The third kappa shape index (κ3) is 4.46. The van der Waals surface area contributed by atoms with Gasteiger partial charge in [-0.05, 0) is 19.1 Å². The molecule has 0 aliphatic rings. The molecule has 84 valence electrons. The van der Waals surface area contributed by atoms with Crippen LogP contribution in [0.15, 0.2) is 24.3 Å². The third-order valence-electron chi connectivity index (χ3n) is 1.82. The lowest BCUT2D eigenvalue weighted by Crippen LogP contribution is -2.16. The molecule has 1 aromatic carbocycles. The number of nitrogens with one attached hydrogen (secondary N) is 1. The van der Waals surface area contributed by atoms with Gasteiger partial charge in [-0.25, -0.2) is 4.79 Å². The van der Waals surface area contributed by atoms with Crippen LogP contribution in [0.4, 0.5) is 10.5 Å². The minimum Gasteiger partial charge on any atom is -0.447 e. The van der Waals surface area contributed by atoms with Gasteiger partial charge >= 0.3 is 6.09 Å². The Morgan fingerprint density at radius 2 is 2.00 bits per heavy atom. The highest BCUT2D eigenvalue weighted by molar-refractivity contribution is 5.84. The smallest absolute Gasteiger partial charge is 0.411 e. The average Bonchev–Trinajstić information content (AvgIpc) is 2.22. The molecule has 0 radical (unpaired) electrons. The number of aryl methyl sites for hydroxylation is 1. The summed E-state index contributed by atoms with van der Waals surface area (Å²) in [5.74, 6) is 0.